The number of rotatable bonds is 8. The average Bonchev–Trinajstić information content (AvgIpc) is 2.83. The van der Waals surface area contributed by atoms with Gasteiger partial charge in [-0.2, -0.15) is 22.0 Å². The van der Waals surface area contributed by atoms with Gasteiger partial charge in [0.15, 0.2) is 11.6 Å². The molecular weight excluding hydrogens is 557 g/mol. The topological polar surface area (TPSA) is 64.7 Å². The second-order valence-corrected chi connectivity index (χ2v) is 9.73. The summed E-state index contributed by atoms with van der Waals surface area (Å²) in [5, 5.41) is 4.62. The van der Waals surface area contributed by atoms with Crippen molar-refractivity contribution in [2.45, 2.75) is 45.0 Å². The van der Waals surface area contributed by atoms with Gasteiger partial charge in [-0.15, -0.1) is 0 Å². The first-order valence-electron chi connectivity index (χ1n) is 11.9. The smallest absolute Gasteiger partial charge is 0.365 e. The van der Waals surface area contributed by atoms with Crippen LogP contribution < -0.4 is 15.5 Å². The molecule has 1 aliphatic rings. The summed E-state index contributed by atoms with van der Waals surface area (Å²) >= 11 is 6.15. The predicted molar refractivity (Wildman–Crippen MR) is 132 cm³/mol. The fourth-order valence-corrected chi connectivity index (χ4v) is 4.32. The molecule has 1 fully saturated rings. The van der Waals surface area contributed by atoms with Crippen LogP contribution in [0.4, 0.5) is 42.1 Å². The molecule has 2 N–H and O–H groups in total. The Kier molecular flexibility index (Phi) is 9.37. The number of hydrogen-bond donors (Lipinski definition) is 2. The number of nitrogens with zero attached hydrogens (tertiary/aromatic N) is 2. The summed E-state index contributed by atoms with van der Waals surface area (Å²) in [6, 6.07) is 6.16. The quantitative estimate of drug-likeness (QED) is 0.398. The first kappa shape index (κ1) is 30.5. The SMILES string of the molecule is C[C@@H]1CN(CCC(F)(F)F)CCN1c1cc(Cl)ccc1NC(=O)c1ccc(CNC(=O)C(C)(F)F)c(F)c1F. The molecule has 0 saturated carbocycles. The predicted octanol–water partition coefficient (Wildman–Crippen LogP) is 5.60. The normalized spacial score (nSPS) is 16.8. The highest BCUT2D eigenvalue weighted by molar-refractivity contribution is 6.31. The lowest BCUT2D eigenvalue weighted by molar-refractivity contribution is -0.143. The van der Waals surface area contributed by atoms with Crippen LogP contribution in [-0.2, 0) is 11.3 Å². The molecule has 1 atom stereocenters. The van der Waals surface area contributed by atoms with Crippen molar-refractivity contribution in [3.8, 4) is 0 Å². The Morgan fingerprint density at radius 1 is 1.05 bits per heavy atom. The maximum atomic E-state index is 14.7. The molecule has 1 heterocycles. The number of alkyl halides is 5. The first-order valence-corrected chi connectivity index (χ1v) is 12.2. The summed E-state index contributed by atoms with van der Waals surface area (Å²) < 4.78 is 93.1. The van der Waals surface area contributed by atoms with E-state index in [1.54, 1.807) is 23.2 Å². The molecule has 14 heteroatoms. The molecular formula is C25H26ClF7N4O2. The van der Waals surface area contributed by atoms with Gasteiger partial charge in [0.25, 0.3) is 11.8 Å². The first-order chi connectivity index (χ1) is 18.1. The van der Waals surface area contributed by atoms with Gasteiger partial charge in [-0.05, 0) is 31.2 Å². The molecule has 2 amide bonds. The number of amides is 2. The summed E-state index contributed by atoms with van der Waals surface area (Å²) in [6.45, 7) is 2.25. The standard InChI is InChI=1S/C25H26ClF7N4O2/c1-14-13-36(8-7-25(31,32)33)9-10-37(14)19-11-16(26)4-6-18(19)35-22(38)17-5-3-15(20(27)21(17)28)12-34-23(39)24(2,29)30/h3-6,11,14H,7-10,12-13H2,1-2H3,(H,34,39)(H,35,38)/t14-/m1/s1. The molecule has 0 aliphatic carbocycles. The van der Waals surface area contributed by atoms with Crippen LogP contribution in [0.15, 0.2) is 30.3 Å². The monoisotopic (exact) mass is 582 g/mol. The number of halogens is 8. The van der Waals surface area contributed by atoms with Crippen molar-refractivity contribution < 1.29 is 40.3 Å². The molecule has 214 valence electrons. The van der Waals surface area contributed by atoms with Gasteiger partial charge in [0.05, 0.1) is 23.4 Å². The number of benzene rings is 2. The summed E-state index contributed by atoms with van der Waals surface area (Å²) in [4.78, 5) is 27.7. The van der Waals surface area contributed by atoms with E-state index in [0.717, 1.165) is 12.1 Å². The second kappa shape index (κ2) is 12.0. The van der Waals surface area contributed by atoms with Crippen molar-refractivity contribution in [1.29, 1.82) is 0 Å². The lowest BCUT2D eigenvalue weighted by Crippen LogP contribution is -2.52. The van der Waals surface area contributed by atoms with Gasteiger partial charge in [-0.1, -0.05) is 17.7 Å². The highest BCUT2D eigenvalue weighted by Crippen LogP contribution is 2.33. The van der Waals surface area contributed by atoms with E-state index in [0.29, 0.717) is 37.3 Å². The molecule has 1 aliphatic heterocycles. The minimum Gasteiger partial charge on any atom is -0.365 e. The van der Waals surface area contributed by atoms with E-state index in [9.17, 15) is 40.3 Å². The molecule has 6 nitrogen and oxygen atoms in total. The van der Waals surface area contributed by atoms with Gasteiger partial charge in [0.2, 0.25) is 0 Å². The highest BCUT2D eigenvalue weighted by atomic mass is 35.5. The molecule has 0 aromatic heterocycles. The Morgan fingerprint density at radius 2 is 1.74 bits per heavy atom. The van der Waals surface area contributed by atoms with Gasteiger partial charge in [0.1, 0.15) is 0 Å². The molecule has 3 rings (SSSR count). The number of carbonyl (C=O) groups excluding carboxylic acids is 2. The third-order valence-electron chi connectivity index (χ3n) is 6.19. The number of anilines is 2. The Hall–Kier alpha value is -3.06. The molecule has 0 radical (unpaired) electrons. The van der Waals surface area contributed by atoms with Crippen molar-refractivity contribution >= 4 is 34.8 Å². The number of piperazine rings is 1. The minimum atomic E-state index is -4.27. The zero-order valence-corrected chi connectivity index (χ0v) is 21.7. The second-order valence-electron chi connectivity index (χ2n) is 9.30. The maximum absolute atomic E-state index is 14.7. The van der Waals surface area contributed by atoms with Crippen molar-refractivity contribution in [1.82, 2.24) is 10.2 Å². The highest BCUT2D eigenvalue weighted by Gasteiger charge is 2.33. The molecule has 1 saturated heterocycles. The molecule has 39 heavy (non-hydrogen) atoms. The fraction of sp³-hybridized carbons (Fsp3) is 0.440. The largest absolute Gasteiger partial charge is 0.390 e. The maximum Gasteiger partial charge on any atom is 0.390 e. The van der Waals surface area contributed by atoms with Crippen LogP contribution in [0.3, 0.4) is 0 Å². The van der Waals surface area contributed by atoms with Gasteiger partial charge >= 0.3 is 12.1 Å². The van der Waals surface area contributed by atoms with E-state index in [1.165, 1.54) is 12.1 Å². The molecule has 0 unspecified atom stereocenters. The fourth-order valence-electron chi connectivity index (χ4n) is 4.15. The van der Waals surface area contributed by atoms with E-state index in [4.69, 9.17) is 11.6 Å². The van der Waals surface area contributed by atoms with E-state index >= 15 is 0 Å². The van der Waals surface area contributed by atoms with Crippen molar-refractivity contribution in [2.75, 3.05) is 36.4 Å². The summed E-state index contributed by atoms with van der Waals surface area (Å²) in [6.07, 6.45) is -5.20. The Balaban J connectivity index is 1.75. The van der Waals surface area contributed by atoms with Crippen molar-refractivity contribution in [2.24, 2.45) is 0 Å². The van der Waals surface area contributed by atoms with Crippen molar-refractivity contribution in [3.63, 3.8) is 0 Å². The molecule has 2 aromatic carbocycles. The zero-order chi connectivity index (χ0) is 29.1. The van der Waals surface area contributed by atoms with Gasteiger partial charge in [0, 0.05) is 56.3 Å². The third-order valence-corrected chi connectivity index (χ3v) is 6.42. The van der Waals surface area contributed by atoms with Crippen LogP contribution in [-0.4, -0.2) is 61.0 Å². The molecule has 0 spiro atoms. The van der Waals surface area contributed by atoms with Crippen LogP contribution in [0.5, 0.6) is 0 Å². The van der Waals surface area contributed by atoms with Gasteiger partial charge in [-0.3, -0.25) is 14.5 Å². The van der Waals surface area contributed by atoms with E-state index in [1.807, 2.05) is 4.90 Å². The molecule has 2 aromatic rings. The van der Waals surface area contributed by atoms with Crippen molar-refractivity contribution in [3.05, 3.63) is 58.1 Å². The van der Waals surface area contributed by atoms with Crippen LogP contribution in [0.1, 0.15) is 36.2 Å². The number of hydrogen-bond acceptors (Lipinski definition) is 4. The number of carbonyl (C=O) groups is 2. The summed E-state index contributed by atoms with van der Waals surface area (Å²) in [7, 11) is 0. The zero-order valence-electron chi connectivity index (χ0n) is 20.9. The summed E-state index contributed by atoms with van der Waals surface area (Å²) in [5.74, 6) is -9.41. The van der Waals surface area contributed by atoms with Crippen LogP contribution in [0, 0.1) is 11.6 Å². The number of nitrogens with one attached hydrogen (secondary N) is 2. The van der Waals surface area contributed by atoms with E-state index in [-0.39, 0.29) is 18.3 Å². The van der Waals surface area contributed by atoms with Gasteiger partial charge in [-0.25, -0.2) is 8.78 Å². The Labute approximate surface area is 225 Å². The van der Waals surface area contributed by atoms with Crippen LogP contribution in [0.2, 0.25) is 5.02 Å². The van der Waals surface area contributed by atoms with Crippen LogP contribution in [0.25, 0.3) is 0 Å². The molecule has 0 bridgehead atoms. The Bertz CT molecular complexity index is 1220. The van der Waals surface area contributed by atoms with Gasteiger partial charge < -0.3 is 15.5 Å². The minimum absolute atomic E-state index is 0.147. The van der Waals surface area contributed by atoms with Crippen LogP contribution >= 0.6 is 11.6 Å². The average molecular weight is 583 g/mol. The lowest BCUT2D eigenvalue weighted by atomic mass is 10.1. The van der Waals surface area contributed by atoms with E-state index < -0.39 is 59.6 Å². The third kappa shape index (κ3) is 7.98. The Morgan fingerprint density at radius 3 is 2.36 bits per heavy atom. The van der Waals surface area contributed by atoms with E-state index in [2.05, 4.69) is 5.32 Å². The lowest BCUT2D eigenvalue weighted by Gasteiger charge is -2.42. The summed E-state index contributed by atoms with van der Waals surface area (Å²) in [5.41, 5.74) is -0.457.